The zero-order valence-corrected chi connectivity index (χ0v) is 28.9. The van der Waals surface area contributed by atoms with Crippen LogP contribution in [0.4, 0.5) is 0 Å². The fraction of sp³-hybridized carbons (Fsp3) is 0.0204. The van der Waals surface area contributed by atoms with Crippen molar-refractivity contribution in [1.29, 1.82) is 0 Å². The summed E-state index contributed by atoms with van der Waals surface area (Å²) in [6.07, 6.45) is -0.454. The number of benzene rings is 8. The van der Waals surface area contributed by atoms with E-state index < -0.39 is 6.17 Å². The molecule has 0 atom stereocenters. The second-order valence-electron chi connectivity index (χ2n) is 13.4. The Kier molecular flexibility index (Phi) is 7.51. The summed E-state index contributed by atoms with van der Waals surface area (Å²) < 4.78 is 2.37. The van der Waals surface area contributed by atoms with E-state index in [1.54, 1.807) is 0 Å². The Morgan fingerprint density at radius 1 is 0.396 bits per heavy atom. The first-order chi connectivity index (χ1) is 26.3. The van der Waals surface area contributed by atoms with Gasteiger partial charge in [-0.1, -0.05) is 170 Å². The van der Waals surface area contributed by atoms with Crippen LogP contribution in [-0.4, -0.2) is 16.2 Å². The van der Waals surface area contributed by atoms with E-state index in [0.717, 1.165) is 55.9 Å². The first kappa shape index (κ1) is 30.8. The van der Waals surface area contributed by atoms with E-state index in [4.69, 9.17) is 9.98 Å². The Hall–Kier alpha value is -7.04. The molecular weight excluding hydrogens is 645 g/mol. The number of nitrogens with one attached hydrogen (secondary N) is 1. The van der Waals surface area contributed by atoms with Gasteiger partial charge < -0.3 is 9.88 Å². The van der Waals surface area contributed by atoms with Gasteiger partial charge in [0.25, 0.3) is 0 Å². The minimum Gasteiger partial charge on any atom is -0.324 e. The molecule has 250 valence electrons. The molecule has 1 N–H and O–H groups in total. The monoisotopic (exact) mass is 678 g/mol. The minimum atomic E-state index is -0.454. The summed E-state index contributed by atoms with van der Waals surface area (Å²) in [7, 11) is 0. The standard InChI is InChI=1S/C49H34N4/c1-4-15-36(16-5-1)47-50-48(37-17-6-2-7-18-37)52-49(51-47)46-40-21-11-10-14-34(40)28-30-41(46)35-26-24-33(25-27-35)38-29-31-43-42-22-12-13-23-44(42)53(45(43)32-38)39-19-8-3-9-20-39/h1-32,49H,(H,50,51,52). The number of fused-ring (bicyclic) bond motifs is 4. The maximum atomic E-state index is 5.30. The molecule has 1 aliphatic heterocycles. The van der Waals surface area contributed by atoms with Crippen LogP contribution in [0, 0.1) is 0 Å². The third-order valence-electron chi connectivity index (χ3n) is 10.3. The molecule has 4 heteroatoms. The third kappa shape index (κ3) is 5.49. The van der Waals surface area contributed by atoms with Crippen LogP contribution in [0.2, 0.25) is 0 Å². The highest BCUT2D eigenvalue weighted by molar-refractivity contribution is 6.16. The SMILES string of the molecule is c1ccc(C2=NC(c3c(-c4ccc(-c5ccc6c7ccccc7n(-c7ccccc7)c6c5)cc4)ccc4ccccc34)N=C(c3ccccc3)N2)cc1. The molecule has 0 unspecified atom stereocenters. The molecule has 1 aliphatic rings. The third-order valence-corrected chi connectivity index (χ3v) is 10.3. The van der Waals surface area contributed by atoms with Crippen molar-refractivity contribution in [2.45, 2.75) is 6.17 Å². The topological polar surface area (TPSA) is 41.7 Å². The van der Waals surface area contributed by atoms with E-state index in [2.05, 4.69) is 168 Å². The van der Waals surface area contributed by atoms with Gasteiger partial charge >= 0.3 is 0 Å². The molecule has 0 saturated carbocycles. The van der Waals surface area contributed by atoms with E-state index in [1.807, 2.05) is 36.4 Å². The number of aliphatic imine (C=N–C) groups is 2. The quantitative estimate of drug-likeness (QED) is 0.187. The number of amidine groups is 2. The Balaban J connectivity index is 1.10. The normalized spacial score (nSPS) is 13.2. The molecule has 0 fully saturated rings. The Labute approximate surface area is 308 Å². The fourth-order valence-electron chi connectivity index (χ4n) is 7.74. The smallest absolute Gasteiger partial charge is 0.170 e. The van der Waals surface area contributed by atoms with Crippen molar-refractivity contribution in [2.75, 3.05) is 0 Å². The van der Waals surface area contributed by atoms with Crippen molar-refractivity contribution in [1.82, 2.24) is 9.88 Å². The van der Waals surface area contributed by atoms with Crippen LogP contribution in [0.3, 0.4) is 0 Å². The maximum absolute atomic E-state index is 5.30. The Morgan fingerprint density at radius 2 is 0.943 bits per heavy atom. The highest BCUT2D eigenvalue weighted by atomic mass is 15.2. The fourth-order valence-corrected chi connectivity index (χ4v) is 7.74. The molecule has 8 aromatic carbocycles. The van der Waals surface area contributed by atoms with Crippen molar-refractivity contribution in [3.05, 3.63) is 211 Å². The van der Waals surface area contributed by atoms with Crippen molar-refractivity contribution in [3.8, 4) is 27.9 Å². The predicted octanol–water partition coefficient (Wildman–Crippen LogP) is 11.8. The predicted molar refractivity (Wildman–Crippen MR) is 221 cm³/mol. The van der Waals surface area contributed by atoms with Gasteiger partial charge in [-0.25, -0.2) is 9.98 Å². The van der Waals surface area contributed by atoms with E-state index in [9.17, 15) is 0 Å². The molecule has 53 heavy (non-hydrogen) atoms. The lowest BCUT2D eigenvalue weighted by atomic mass is 9.91. The lowest BCUT2D eigenvalue weighted by Gasteiger charge is -2.25. The zero-order valence-electron chi connectivity index (χ0n) is 28.9. The van der Waals surface area contributed by atoms with E-state index >= 15 is 0 Å². The highest BCUT2D eigenvalue weighted by Crippen LogP contribution is 2.40. The summed E-state index contributed by atoms with van der Waals surface area (Å²) in [5, 5.41) is 8.37. The first-order valence-corrected chi connectivity index (χ1v) is 18.0. The van der Waals surface area contributed by atoms with Gasteiger partial charge in [-0.2, -0.15) is 0 Å². The van der Waals surface area contributed by atoms with Crippen LogP contribution < -0.4 is 5.32 Å². The summed E-state index contributed by atoms with van der Waals surface area (Å²) in [5.74, 6) is 1.61. The molecule has 0 spiro atoms. The second kappa shape index (κ2) is 12.9. The van der Waals surface area contributed by atoms with E-state index in [-0.39, 0.29) is 0 Å². The van der Waals surface area contributed by atoms with Gasteiger partial charge in [-0.15, -0.1) is 0 Å². The number of para-hydroxylation sites is 2. The van der Waals surface area contributed by atoms with Gasteiger partial charge in [0.05, 0.1) is 11.0 Å². The van der Waals surface area contributed by atoms with Gasteiger partial charge in [0.15, 0.2) is 6.17 Å². The molecule has 0 aliphatic carbocycles. The summed E-state index contributed by atoms with van der Waals surface area (Å²) in [6.45, 7) is 0. The van der Waals surface area contributed by atoms with E-state index in [0.29, 0.717) is 0 Å². The molecule has 10 rings (SSSR count). The second-order valence-corrected chi connectivity index (χ2v) is 13.4. The molecule has 1 aromatic heterocycles. The van der Waals surface area contributed by atoms with Gasteiger partial charge in [-0.3, -0.25) is 0 Å². The van der Waals surface area contributed by atoms with Crippen LogP contribution in [0.1, 0.15) is 22.9 Å². The van der Waals surface area contributed by atoms with Crippen LogP contribution in [0.25, 0.3) is 60.5 Å². The number of aromatic nitrogens is 1. The first-order valence-electron chi connectivity index (χ1n) is 18.0. The molecule has 0 radical (unpaired) electrons. The summed E-state index contributed by atoms with van der Waals surface area (Å²) >= 11 is 0. The minimum absolute atomic E-state index is 0.454. The van der Waals surface area contributed by atoms with Crippen LogP contribution in [-0.2, 0) is 0 Å². The van der Waals surface area contributed by atoms with Gasteiger partial charge in [0, 0.05) is 33.2 Å². The van der Waals surface area contributed by atoms with Crippen molar-refractivity contribution >= 4 is 44.2 Å². The van der Waals surface area contributed by atoms with Gasteiger partial charge in [-0.05, 0) is 57.3 Å². The highest BCUT2D eigenvalue weighted by Gasteiger charge is 2.25. The van der Waals surface area contributed by atoms with Crippen molar-refractivity contribution in [2.24, 2.45) is 9.98 Å². The molecule has 0 amide bonds. The van der Waals surface area contributed by atoms with Crippen LogP contribution in [0.5, 0.6) is 0 Å². The zero-order chi connectivity index (χ0) is 35.1. The molecule has 0 bridgehead atoms. The van der Waals surface area contributed by atoms with Crippen LogP contribution in [0.15, 0.2) is 204 Å². The van der Waals surface area contributed by atoms with Crippen LogP contribution >= 0.6 is 0 Å². The molecule has 0 saturated heterocycles. The average molecular weight is 679 g/mol. The molecule has 4 nitrogen and oxygen atoms in total. The summed E-state index contributed by atoms with van der Waals surface area (Å²) in [4.78, 5) is 10.6. The number of nitrogens with zero attached hydrogens (tertiary/aromatic N) is 3. The van der Waals surface area contributed by atoms with Crippen molar-refractivity contribution < 1.29 is 0 Å². The maximum Gasteiger partial charge on any atom is 0.170 e. The largest absolute Gasteiger partial charge is 0.324 e. The molecule has 9 aromatic rings. The lowest BCUT2D eigenvalue weighted by Crippen LogP contribution is -2.36. The summed E-state index contributed by atoms with van der Waals surface area (Å²) in [6, 6.07) is 68.7. The number of hydrogen-bond acceptors (Lipinski definition) is 3. The molecular formula is C49H34N4. The van der Waals surface area contributed by atoms with Gasteiger partial charge in [0.1, 0.15) is 11.7 Å². The lowest BCUT2D eigenvalue weighted by molar-refractivity contribution is 0.764. The van der Waals surface area contributed by atoms with E-state index in [1.165, 1.54) is 32.9 Å². The van der Waals surface area contributed by atoms with Crippen molar-refractivity contribution in [3.63, 3.8) is 0 Å². The number of rotatable bonds is 6. The Bertz CT molecular complexity index is 2780. The summed E-state index contributed by atoms with van der Waals surface area (Å²) in [5.41, 5.74) is 11.3. The number of hydrogen-bond donors (Lipinski definition) is 1. The van der Waals surface area contributed by atoms with Gasteiger partial charge in [0.2, 0.25) is 0 Å². The molecule has 2 heterocycles. The Morgan fingerprint density at radius 3 is 1.64 bits per heavy atom. The average Bonchev–Trinajstić information content (AvgIpc) is 3.58.